The Morgan fingerprint density at radius 2 is 2.19 bits per heavy atom. The molecule has 1 aliphatic heterocycles. The van der Waals surface area contributed by atoms with Crippen molar-refractivity contribution in [1.29, 1.82) is 0 Å². The van der Waals surface area contributed by atoms with E-state index in [1.165, 1.54) is 4.90 Å². The minimum Gasteiger partial charge on any atom is -0.489 e. The van der Waals surface area contributed by atoms with Crippen LogP contribution < -0.4 is 4.74 Å². The van der Waals surface area contributed by atoms with Crippen molar-refractivity contribution in [2.75, 3.05) is 19.8 Å². The molecule has 0 saturated carbocycles. The zero-order chi connectivity index (χ0) is 18.7. The van der Waals surface area contributed by atoms with Gasteiger partial charge in [0.2, 0.25) is 0 Å². The van der Waals surface area contributed by atoms with Crippen molar-refractivity contribution < 1.29 is 28.7 Å². The van der Waals surface area contributed by atoms with Gasteiger partial charge in [-0.25, -0.2) is 4.79 Å². The number of benzene rings is 1. The lowest BCUT2D eigenvalue weighted by molar-refractivity contribution is -0.147. The summed E-state index contributed by atoms with van der Waals surface area (Å²) in [6, 6.07) is 5.70. The van der Waals surface area contributed by atoms with E-state index in [1.807, 2.05) is 13.8 Å². The van der Waals surface area contributed by atoms with Gasteiger partial charge in [0.1, 0.15) is 18.1 Å². The van der Waals surface area contributed by atoms with Gasteiger partial charge in [0.25, 0.3) is 5.91 Å². The summed E-state index contributed by atoms with van der Waals surface area (Å²) in [7, 11) is 0. The van der Waals surface area contributed by atoms with E-state index >= 15 is 0 Å². The molecule has 8 heteroatoms. The Kier molecular flexibility index (Phi) is 5.22. The average Bonchev–Trinajstić information content (AvgIpc) is 2.97. The van der Waals surface area contributed by atoms with Gasteiger partial charge in [0.15, 0.2) is 6.04 Å². The fourth-order valence-electron chi connectivity index (χ4n) is 2.80. The molecule has 138 valence electrons. The number of morpholine rings is 1. The Hall–Kier alpha value is -2.87. The summed E-state index contributed by atoms with van der Waals surface area (Å²) in [5, 5.41) is 13.2. The normalized spacial score (nSPS) is 17.2. The molecule has 1 saturated heterocycles. The van der Waals surface area contributed by atoms with E-state index in [0.717, 1.165) is 11.3 Å². The van der Waals surface area contributed by atoms with Crippen LogP contribution in [0.5, 0.6) is 5.75 Å². The summed E-state index contributed by atoms with van der Waals surface area (Å²) in [6.07, 6.45) is 0. The number of aliphatic carboxylic acids is 1. The number of hydrogen-bond donors (Lipinski definition) is 1. The fraction of sp³-hybridized carbons (Fsp3) is 0.389. The van der Waals surface area contributed by atoms with Crippen molar-refractivity contribution >= 4 is 11.9 Å². The lowest BCUT2D eigenvalue weighted by Crippen LogP contribution is -2.52. The Morgan fingerprint density at radius 1 is 1.38 bits per heavy atom. The van der Waals surface area contributed by atoms with Gasteiger partial charge in [0, 0.05) is 12.1 Å². The second-order valence-electron chi connectivity index (χ2n) is 6.05. The predicted molar refractivity (Wildman–Crippen MR) is 90.0 cm³/mol. The molecule has 1 N–H and O–H groups in total. The van der Waals surface area contributed by atoms with Crippen LogP contribution in [0.25, 0.3) is 0 Å². The molecule has 1 amide bonds. The molecule has 1 fully saturated rings. The van der Waals surface area contributed by atoms with Crippen molar-refractivity contribution in [2.24, 2.45) is 0 Å². The highest BCUT2D eigenvalue weighted by Crippen LogP contribution is 2.20. The number of carboxylic acids is 1. The van der Waals surface area contributed by atoms with Crippen LogP contribution in [0.15, 0.2) is 28.8 Å². The molecule has 0 spiro atoms. The Balaban J connectivity index is 1.74. The van der Waals surface area contributed by atoms with Crippen LogP contribution in [-0.4, -0.2) is 52.8 Å². The van der Waals surface area contributed by atoms with Gasteiger partial charge in [-0.1, -0.05) is 11.2 Å². The molecule has 8 nitrogen and oxygen atoms in total. The van der Waals surface area contributed by atoms with Gasteiger partial charge in [-0.05, 0) is 32.0 Å². The number of amides is 1. The number of hydrogen-bond acceptors (Lipinski definition) is 6. The smallest absolute Gasteiger partial charge is 0.328 e. The van der Waals surface area contributed by atoms with Crippen LogP contribution >= 0.6 is 0 Å². The number of ether oxygens (including phenoxy) is 2. The molecule has 0 unspecified atom stereocenters. The first-order valence-corrected chi connectivity index (χ1v) is 8.23. The second-order valence-corrected chi connectivity index (χ2v) is 6.05. The number of carboxylic acid groups (broad SMARTS) is 1. The molecule has 0 bridgehead atoms. The SMILES string of the molecule is Cc1noc(C)c1COc1cccc(C(=O)N2CCOC[C@@H]2C(=O)O)c1. The molecule has 0 aliphatic carbocycles. The monoisotopic (exact) mass is 360 g/mol. The van der Waals surface area contributed by atoms with E-state index in [2.05, 4.69) is 5.16 Å². The summed E-state index contributed by atoms with van der Waals surface area (Å²) >= 11 is 0. The van der Waals surface area contributed by atoms with Gasteiger partial charge >= 0.3 is 5.97 Å². The summed E-state index contributed by atoms with van der Waals surface area (Å²) in [5.74, 6) is -0.240. The van der Waals surface area contributed by atoms with E-state index in [9.17, 15) is 14.7 Å². The molecule has 1 aliphatic rings. The first-order valence-electron chi connectivity index (χ1n) is 8.23. The number of aryl methyl sites for hydroxylation is 2. The van der Waals surface area contributed by atoms with Gasteiger partial charge in [-0.15, -0.1) is 0 Å². The third-order valence-corrected chi connectivity index (χ3v) is 4.32. The Labute approximate surface area is 150 Å². The molecular weight excluding hydrogens is 340 g/mol. The van der Waals surface area contributed by atoms with E-state index < -0.39 is 12.0 Å². The van der Waals surface area contributed by atoms with E-state index in [0.29, 0.717) is 23.7 Å². The summed E-state index contributed by atoms with van der Waals surface area (Å²) in [5.41, 5.74) is 1.99. The topological polar surface area (TPSA) is 102 Å². The highest BCUT2D eigenvalue weighted by molar-refractivity contribution is 5.97. The van der Waals surface area contributed by atoms with Crippen molar-refractivity contribution in [3.8, 4) is 5.75 Å². The number of carbonyl (C=O) groups excluding carboxylic acids is 1. The summed E-state index contributed by atoms with van der Waals surface area (Å²) < 4.78 is 16.0. The highest BCUT2D eigenvalue weighted by atomic mass is 16.5. The molecular formula is C18H20N2O6. The van der Waals surface area contributed by atoms with Gasteiger partial charge in [-0.2, -0.15) is 0 Å². The molecule has 26 heavy (non-hydrogen) atoms. The van der Waals surface area contributed by atoms with Crippen molar-refractivity contribution in [3.63, 3.8) is 0 Å². The van der Waals surface area contributed by atoms with Crippen LogP contribution in [0, 0.1) is 13.8 Å². The lowest BCUT2D eigenvalue weighted by atomic mass is 10.1. The number of nitrogens with zero attached hydrogens (tertiary/aromatic N) is 2. The minimum absolute atomic E-state index is 0.0106. The average molecular weight is 360 g/mol. The largest absolute Gasteiger partial charge is 0.489 e. The quantitative estimate of drug-likeness (QED) is 0.867. The van der Waals surface area contributed by atoms with Gasteiger partial charge < -0.3 is 24.0 Å². The highest BCUT2D eigenvalue weighted by Gasteiger charge is 2.33. The molecule has 1 aromatic heterocycles. The standard InChI is InChI=1S/C18H20N2O6/c1-11-15(12(2)26-19-11)9-25-14-5-3-4-13(8-14)17(21)20-6-7-24-10-16(20)18(22)23/h3-5,8,16H,6-7,9-10H2,1-2H3,(H,22,23)/t16-/m1/s1. The molecule has 1 aromatic carbocycles. The number of aromatic nitrogens is 1. The van der Waals surface area contributed by atoms with Crippen LogP contribution in [0.2, 0.25) is 0 Å². The Bertz CT molecular complexity index is 796. The molecule has 2 aromatic rings. The predicted octanol–water partition coefficient (Wildman–Crippen LogP) is 1.80. The van der Waals surface area contributed by atoms with Crippen molar-refractivity contribution in [3.05, 3.63) is 46.8 Å². The second kappa shape index (κ2) is 7.57. The summed E-state index contributed by atoms with van der Waals surface area (Å²) in [4.78, 5) is 25.4. The van der Waals surface area contributed by atoms with E-state index in [4.69, 9.17) is 14.0 Å². The third-order valence-electron chi connectivity index (χ3n) is 4.32. The van der Waals surface area contributed by atoms with Crippen LogP contribution in [0.3, 0.4) is 0 Å². The zero-order valence-electron chi connectivity index (χ0n) is 14.6. The first-order chi connectivity index (χ1) is 12.5. The fourth-order valence-corrected chi connectivity index (χ4v) is 2.80. The molecule has 2 heterocycles. The van der Waals surface area contributed by atoms with Crippen LogP contribution in [0.1, 0.15) is 27.4 Å². The van der Waals surface area contributed by atoms with Crippen molar-refractivity contribution in [2.45, 2.75) is 26.5 Å². The maximum absolute atomic E-state index is 12.7. The Morgan fingerprint density at radius 3 is 2.88 bits per heavy atom. The molecule has 3 rings (SSSR count). The summed E-state index contributed by atoms with van der Waals surface area (Å²) in [6.45, 7) is 4.46. The molecule has 1 atom stereocenters. The number of rotatable bonds is 5. The lowest BCUT2D eigenvalue weighted by Gasteiger charge is -2.32. The molecule has 0 radical (unpaired) electrons. The first kappa shape index (κ1) is 17.9. The van der Waals surface area contributed by atoms with Crippen LogP contribution in [-0.2, 0) is 16.1 Å². The van der Waals surface area contributed by atoms with Crippen molar-refractivity contribution in [1.82, 2.24) is 10.1 Å². The van der Waals surface area contributed by atoms with Gasteiger partial charge in [-0.3, -0.25) is 4.79 Å². The maximum Gasteiger partial charge on any atom is 0.328 e. The zero-order valence-corrected chi connectivity index (χ0v) is 14.6. The van der Waals surface area contributed by atoms with E-state index in [-0.39, 0.29) is 25.7 Å². The van der Waals surface area contributed by atoms with Gasteiger partial charge in [0.05, 0.1) is 24.5 Å². The number of carbonyl (C=O) groups is 2. The minimum atomic E-state index is -1.08. The van der Waals surface area contributed by atoms with Crippen LogP contribution in [0.4, 0.5) is 0 Å². The van der Waals surface area contributed by atoms with E-state index in [1.54, 1.807) is 24.3 Å². The maximum atomic E-state index is 12.7. The third kappa shape index (κ3) is 3.70.